The molecule has 2 saturated heterocycles. The van der Waals surface area contributed by atoms with E-state index in [2.05, 4.69) is 31.8 Å². The fourth-order valence-corrected chi connectivity index (χ4v) is 4.60. The average Bonchev–Trinajstić information content (AvgIpc) is 3.40. The summed E-state index contributed by atoms with van der Waals surface area (Å²) in [6.07, 6.45) is 2.21. The van der Waals surface area contributed by atoms with Gasteiger partial charge in [0.05, 0.1) is 25.0 Å². The number of thioether (sulfide) groups is 1. The molecule has 0 aliphatic carbocycles. The van der Waals surface area contributed by atoms with Crippen LogP contribution in [-0.4, -0.2) is 70.2 Å². The number of morpholine rings is 1. The molecule has 1 amide bonds. The lowest BCUT2D eigenvalue weighted by Crippen LogP contribution is -2.38. The Hall–Kier alpha value is -2.06. The van der Waals surface area contributed by atoms with Crippen LogP contribution in [0.1, 0.15) is 25.3 Å². The van der Waals surface area contributed by atoms with Crippen molar-refractivity contribution < 1.29 is 9.53 Å². The van der Waals surface area contributed by atoms with Crippen LogP contribution in [0.15, 0.2) is 35.5 Å². The molecule has 8 heteroatoms. The molecule has 28 heavy (non-hydrogen) atoms. The Balaban J connectivity index is 1.56. The summed E-state index contributed by atoms with van der Waals surface area (Å²) in [5, 5.41) is 9.57. The zero-order chi connectivity index (χ0) is 19.3. The maximum absolute atomic E-state index is 12.7. The first kappa shape index (κ1) is 19.3. The lowest BCUT2D eigenvalue weighted by Gasteiger charge is -2.28. The largest absolute Gasteiger partial charge is 0.378 e. The highest BCUT2D eigenvalue weighted by atomic mass is 32.2. The second-order valence-electron chi connectivity index (χ2n) is 7.25. The smallest absolute Gasteiger partial charge is 0.235 e. The minimum Gasteiger partial charge on any atom is -0.378 e. The quantitative estimate of drug-likeness (QED) is 0.692. The highest BCUT2D eigenvalue weighted by Crippen LogP contribution is 2.28. The number of amides is 1. The molecule has 3 heterocycles. The summed E-state index contributed by atoms with van der Waals surface area (Å²) in [6.45, 7) is 7.42. The predicted octanol–water partition coefficient (Wildman–Crippen LogP) is 2.27. The lowest BCUT2D eigenvalue weighted by atomic mass is 10.2. The van der Waals surface area contributed by atoms with E-state index in [0.717, 1.165) is 50.1 Å². The number of carbonyl (C=O) groups excluding carboxylic acids is 1. The van der Waals surface area contributed by atoms with E-state index in [-0.39, 0.29) is 11.2 Å². The van der Waals surface area contributed by atoms with Gasteiger partial charge in [0, 0.05) is 26.2 Å². The van der Waals surface area contributed by atoms with Gasteiger partial charge in [-0.1, -0.05) is 42.1 Å². The molecule has 2 aliphatic heterocycles. The van der Waals surface area contributed by atoms with Gasteiger partial charge in [-0.25, -0.2) is 0 Å². The molecule has 2 aliphatic rings. The molecule has 0 saturated carbocycles. The van der Waals surface area contributed by atoms with Crippen LogP contribution < -0.4 is 4.90 Å². The predicted molar refractivity (Wildman–Crippen MR) is 110 cm³/mol. The van der Waals surface area contributed by atoms with Crippen molar-refractivity contribution in [3.8, 4) is 0 Å². The van der Waals surface area contributed by atoms with Crippen LogP contribution in [0.5, 0.6) is 0 Å². The summed E-state index contributed by atoms with van der Waals surface area (Å²) in [6, 6.07) is 10.3. The summed E-state index contributed by atoms with van der Waals surface area (Å²) < 4.78 is 7.62. The molecular formula is C20H27N5O2S. The Morgan fingerprint density at radius 3 is 2.54 bits per heavy atom. The summed E-state index contributed by atoms with van der Waals surface area (Å²) in [4.78, 5) is 16.9. The van der Waals surface area contributed by atoms with Crippen molar-refractivity contribution >= 4 is 23.6 Å². The Morgan fingerprint density at radius 2 is 1.82 bits per heavy atom. The van der Waals surface area contributed by atoms with Crippen LogP contribution in [0.25, 0.3) is 0 Å². The SMILES string of the molecule is C[C@@H](Sc1nnc(N2CCOCC2)n1Cc1ccccc1)C(=O)N1CCCC1. The van der Waals surface area contributed by atoms with E-state index in [1.165, 1.54) is 17.3 Å². The standard InChI is InChI=1S/C20H27N5O2S/c1-16(18(26)23-9-5-6-10-23)28-20-22-21-19(24-11-13-27-14-12-24)25(20)15-17-7-3-2-4-8-17/h2-4,7-8,16H,5-6,9-15H2,1H3/t16-/m1/s1. The van der Waals surface area contributed by atoms with Crippen molar-refractivity contribution in [2.75, 3.05) is 44.3 Å². The number of hydrogen-bond acceptors (Lipinski definition) is 6. The normalized spacial score (nSPS) is 18.5. The third kappa shape index (κ3) is 4.33. The second kappa shape index (κ2) is 8.96. The third-order valence-electron chi connectivity index (χ3n) is 5.22. The monoisotopic (exact) mass is 401 g/mol. The molecule has 1 aromatic heterocycles. The van der Waals surface area contributed by atoms with Crippen LogP contribution in [0, 0.1) is 0 Å². The lowest BCUT2D eigenvalue weighted by molar-refractivity contribution is -0.129. The van der Waals surface area contributed by atoms with E-state index in [9.17, 15) is 4.79 Å². The van der Waals surface area contributed by atoms with Gasteiger partial charge < -0.3 is 14.5 Å². The molecule has 2 fully saturated rings. The zero-order valence-electron chi connectivity index (χ0n) is 16.3. The number of likely N-dealkylation sites (tertiary alicyclic amines) is 1. The number of ether oxygens (including phenoxy) is 1. The van der Waals surface area contributed by atoms with Crippen LogP contribution in [0.2, 0.25) is 0 Å². The van der Waals surface area contributed by atoms with E-state index >= 15 is 0 Å². The molecule has 150 valence electrons. The Labute approximate surface area is 170 Å². The number of anilines is 1. The van der Waals surface area contributed by atoms with Crippen molar-refractivity contribution in [3.63, 3.8) is 0 Å². The summed E-state index contributed by atoms with van der Waals surface area (Å²) in [7, 11) is 0. The second-order valence-corrected chi connectivity index (χ2v) is 8.55. The van der Waals surface area contributed by atoms with E-state index in [0.29, 0.717) is 19.8 Å². The number of benzene rings is 1. The molecule has 1 aromatic carbocycles. The number of nitrogens with zero attached hydrogens (tertiary/aromatic N) is 5. The van der Waals surface area contributed by atoms with E-state index in [1.807, 2.05) is 30.0 Å². The fourth-order valence-electron chi connectivity index (χ4n) is 3.67. The number of rotatable bonds is 6. The van der Waals surface area contributed by atoms with Crippen molar-refractivity contribution in [1.82, 2.24) is 19.7 Å². The van der Waals surface area contributed by atoms with Crippen molar-refractivity contribution in [3.05, 3.63) is 35.9 Å². The van der Waals surface area contributed by atoms with Gasteiger partial charge in [0.1, 0.15) is 0 Å². The van der Waals surface area contributed by atoms with Crippen LogP contribution in [0.3, 0.4) is 0 Å². The van der Waals surface area contributed by atoms with Crippen LogP contribution in [-0.2, 0) is 16.1 Å². The minimum atomic E-state index is -0.172. The molecule has 0 N–H and O–H groups in total. The topological polar surface area (TPSA) is 63.5 Å². The van der Waals surface area contributed by atoms with Crippen molar-refractivity contribution in [2.45, 2.75) is 36.7 Å². The van der Waals surface area contributed by atoms with Crippen LogP contribution in [0.4, 0.5) is 5.95 Å². The number of hydrogen-bond donors (Lipinski definition) is 0. The van der Waals surface area contributed by atoms with Gasteiger partial charge in [-0.3, -0.25) is 9.36 Å². The van der Waals surface area contributed by atoms with E-state index < -0.39 is 0 Å². The molecule has 4 rings (SSSR count). The molecule has 0 unspecified atom stereocenters. The summed E-state index contributed by atoms with van der Waals surface area (Å²) in [5.41, 5.74) is 1.19. The fraction of sp³-hybridized carbons (Fsp3) is 0.550. The third-order valence-corrected chi connectivity index (χ3v) is 6.29. The molecule has 0 spiro atoms. The first-order valence-corrected chi connectivity index (χ1v) is 10.9. The van der Waals surface area contributed by atoms with Crippen molar-refractivity contribution in [2.24, 2.45) is 0 Å². The van der Waals surface area contributed by atoms with Gasteiger partial charge in [0.2, 0.25) is 11.9 Å². The average molecular weight is 402 g/mol. The van der Waals surface area contributed by atoms with E-state index in [1.54, 1.807) is 0 Å². The highest BCUT2D eigenvalue weighted by Gasteiger charge is 2.27. The minimum absolute atomic E-state index is 0.172. The Kier molecular flexibility index (Phi) is 6.17. The van der Waals surface area contributed by atoms with Gasteiger partial charge in [-0.15, -0.1) is 10.2 Å². The molecular weight excluding hydrogens is 374 g/mol. The van der Waals surface area contributed by atoms with Gasteiger partial charge in [0.25, 0.3) is 0 Å². The molecule has 0 radical (unpaired) electrons. The Bertz CT molecular complexity index is 785. The van der Waals surface area contributed by atoms with Crippen molar-refractivity contribution in [1.29, 1.82) is 0 Å². The zero-order valence-corrected chi connectivity index (χ0v) is 17.1. The van der Waals surface area contributed by atoms with Crippen LogP contribution >= 0.6 is 11.8 Å². The molecule has 0 bridgehead atoms. The first-order valence-electron chi connectivity index (χ1n) is 9.97. The molecule has 2 aromatic rings. The Morgan fingerprint density at radius 1 is 1.11 bits per heavy atom. The molecule has 1 atom stereocenters. The number of aromatic nitrogens is 3. The van der Waals surface area contributed by atoms with Gasteiger partial charge in [-0.05, 0) is 25.3 Å². The summed E-state index contributed by atoms with van der Waals surface area (Å²) in [5.74, 6) is 1.06. The van der Waals surface area contributed by atoms with Gasteiger partial charge in [-0.2, -0.15) is 0 Å². The maximum atomic E-state index is 12.7. The van der Waals surface area contributed by atoms with E-state index in [4.69, 9.17) is 4.74 Å². The number of carbonyl (C=O) groups is 1. The summed E-state index contributed by atoms with van der Waals surface area (Å²) >= 11 is 1.51. The molecule has 7 nitrogen and oxygen atoms in total. The van der Waals surface area contributed by atoms with Gasteiger partial charge in [0.15, 0.2) is 5.16 Å². The first-order chi connectivity index (χ1) is 13.7. The highest BCUT2D eigenvalue weighted by molar-refractivity contribution is 8.00. The van der Waals surface area contributed by atoms with Gasteiger partial charge >= 0.3 is 0 Å². The maximum Gasteiger partial charge on any atom is 0.235 e.